The molecule has 36 heavy (non-hydrogen) atoms. The molecule has 1 atom stereocenters. The number of rotatable bonds is 10. The molecule has 0 radical (unpaired) electrons. The number of amidine groups is 1. The van der Waals surface area contributed by atoms with E-state index in [9.17, 15) is 9.59 Å². The average Bonchev–Trinajstić information content (AvgIpc) is 3.69. The standard InChI is InChI=1S/C28H32ClN5O2/c1-2-24(35)33-23-16-20(29)12-13-21(23)22-14-15-32-28(34-22)25(27(31)36)26(30)19-10-8-18(9-11-19)5-3-4-17-6-7-17/h2,8-13,16-17,22H,1,3-7,14-15,30H2,(H2,31,36)(H,32,34)(H,33,35). The monoisotopic (exact) mass is 505 g/mol. The van der Waals surface area contributed by atoms with Crippen LogP contribution in [0.3, 0.4) is 0 Å². The van der Waals surface area contributed by atoms with Crippen LogP contribution in [0.5, 0.6) is 0 Å². The van der Waals surface area contributed by atoms with Gasteiger partial charge in [0.05, 0.1) is 11.7 Å². The summed E-state index contributed by atoms with van der Waals surface area (Å²) in [6.45, 7) is 3.96. The minimum Gasteiger partial charge on any atom is -0.397 e. The second-order valence-electron chi connectivity index (χ2n) is 9.33. The summed E-state index contributed by atoms with van der Waals surface area (Å²) >= 11 is 6.16. The largest absolute Gasteiger partial charge is 0.397 e. The molecular weight excluding hydrogens is 474 g/mol. The number of nitrogens with one attached hydrogen (secondary N) is 2. The zero-order chi connectivity index (χ0) is 25.7. The molecule has 1 fully saturated rings. The average molecular weight is 506 g/mol. The third-order valence-electron chi connectivity index (χ3n) is 6.62. The van der Waals surface area contributed by atoms with E-state index in [-0.39, 0.29) is 23.2 Å². The molecule has 2 aromatic carbocycles. The fourth-order valence-electron chi connectivity index (χ4n) is 4.47. The lowest BCUT2D eigenvalue weighted by atomic mass is 9.97. The quantitative estimate of drug-likeness (QED) is 0.355. The van der Waals surface area contributed by atoms with Crippen molar-refractivity contribution in [3.05, 3.63) is 82.4 Å². The number of nitrogens with zero attached hydrogens (tertiary/aromatic N) is 1. The first-order chi connectivity index (χ1) is 17.4. The lowest BCUT2D eigenvalue weighted by molar-refractivity contribution is -0.114. The minimum absolute atomic E-state index is 0.145. The molecule has 1 unspecified atom stereocenters. The van der Waals surface area contributed by atoms with E-state index in [1.807, 2.05) is 18.2 Å². The summed E-state index contributed by atoms with van der Waals surface area (Å²) in [5.74, 6) is 0.252. The van der Waals surface area contributed by atoms with Crippen molar-refractivity contribution < 1.29 is 9.59 Å². The van der Waals surface area contributed by atoms with Crippen LogP contribution in [0.15, 0.2) is 65.7 Å². The molecule has 2 amide bonds. The van der Waals surface area contributed by atoms with Gasteiger partial charge in [-0.1, -0.05) is 67.8 Å². The summed E-state index contributed by atoms with van der Waals surface area (Å²) in [5.41, 5.74) is 16.0. The van der Waals surface area contributed by atoms with Gasteiger partial charge in [0.1, 0.15) is 11.4 Å². The molecule has 6 N–H and O–H groups in total. The molecule has 7 nitrogen and oxygen atoms in total. The topological polar surface area (TPSA) is 123 Å². The number of carbonyl (C=O) groups excluding carboxylic acids is 2. The van der Waals surface area contributed by atoms with Crippen molar-refractivity contribution in [2.24, 2.45) is 22.4 Å². The molecule has 8 heteroatoms. The van der Waals surface area contributed by atoms with E-state index in [0.717, 1.165) is 17.9 Å². The van der Waals surface area contributed by atoms with Gasteiger partial charge in [-0.15, -0.1) is 0 Å². The lowest BCUT2D eigenvalue weighted by Gasteiger charge is -2.28. The summed E-state index contributed by atoms with van der Waals surface area (Å²) in [4.78, 5) is 29.0. The highest BCUT2D eigenvalue weighted by Crippen LogP contribution is 2.34. The van der Waals surface area contributed by atoms with Crippen molar-refractivity contribution >= 4 is 40.6 Å². The first-order valence-corrected chi connectivity index (χ1v) is 12.7. The fourth-order valence-corrected chi connectivity index (χ4v) is 4.64. The van der Waals surface area contributed by atoms with Crippen molar-refractivity contribution in [3.63, 3.8) is 0 Å². The van der Waals surface area contributed by atoms with E-state index >= 15 is 0 Å². The number of carbonyl (C=O) groups is 2. The lowest BCUT2D eigenvalue weighted by Crippen LogP contribution is -2.39. The zero-order valence-corrected chi connectivity index (χ0v) is 21.0. The van der Waals surface area contributed by atoms with Gasteiger partial charge < -0.3 is 22.1 Å². The SMILES string of the molecule is C=CC(=O)Nc1cc(Cl)ccc1C1CCN=C(C(C(N)=O)=C(N)c2ccc(CCCC3CC3)cc2)N1. The molecule has 0 saturated heterocycles. The highest BCUT2D eigenvalue weighted by molar-refractivity contribution is 6.31. The summed E-state index contributed by atoms with van der Waals surface area (Å²) in [6.07, 6.45) is 8.08. The Morgan fingerprint density at radius 3 is 2.56 bits per heavy atom. The maximum Gasteiger partial charge on any atom is 0.254 e. The maximum absolute atomic E-state index is 12.5. The number of amides is 2. The molecule has 1 aliphatic carbocycles. The van der Waals surface area contributed by atoms with Gasteiger partial charge in [0.25, 0.3) is 5.91 Å². The van der Waals surface area contributed by atoms with Crippen molar-refractivity contribution in [2.75, 3.05) is 11.9 Å². The van der Waals surface area contributed by atoms with Crippen LogP contribution in [-0.4, -0.2) is 24.2 Å². The number of aliphatic imine (C=N–C) groups is 1. The Morgan fingerprint density at radius 1 is 1.14 bits per heavy atom. The Balaban J connectivity index is 1.55. The van der Waals surface area contributed by atoms with Gasteiger partial charge >= 0.3 is 0 Å². The number of hydrogen-bond acceptors (Lipinski definition) is 5. The minimum atomic E-state index is -0.663. The molecule has 0 aromatic heterocycles. The van der Waals surface area contributed by atoms with Crippen LogP contribution >= 0.6 is 11.6 Å². The van der Waals surface area contributed by atoms with Crippen molar-refractivity contribution in [2.45, 2.75) is 44.6 Å². The van der Waals surface area contributed by atoms with E-state index < -0.39 is 5.91 Å². The second-order valence-corrected chi connectivity index (χ2v) is 9.76. The number of hydrogen-bond donors (Lipinski definition) is 4. The second kappa shape index (κ2) is 11.4. The van der Waals surface area contributed by atoms with Crippen LogP contribution in [0, 0.1) is 5.92 Å². The summed E-state index contributed by atoms with van der Waals surface area (Å²) in [6, 6.07) is 13.0. The molecule has 2 aliphatic rings. The molecule has 188 valence electrons. The summed E-state index contributed by atoms with van der Waals surface area (Å²) in [7, 11) is 0. The summed E-state index contributed by atoms with van der Waals surface area (Å²) < 4.78 is 0. The van der Waals surface area contributed by atoms with Gasteiger partial charge in [-0.3, -0.25) is 14.6 Å². The number of halogens is 1. The number of aryl methyl sites for hydroxylation is 1. The molecule has 4 rings (SSSR count). The van der Waals surface area contributed by atoms with Crippen LogP contribution in [0.1, 0.15) is 54.8 Å². The maximum atomic E-state index is 12.5. The predicted octanol–water partition coefficient (Wildman–Crippen LogP) is 4.49. The van der Waals surface area contributed by atoms with E-state index in [2.05, 4.69) is 34.3 Å². The van der Waals surface area contributed by atoms with E-state index in [0.29, 0.717) is 35.1 Å². The van der Waals surface area contributed by atoms with Crippen LogP contribution in [0.2, 0.25) is 5.02 Å². The first-order valence-electron chi connectivity index (χ1n) is 12.3. The van der Waals surface area contributed by atoms with Gasteiger partial charge in [0, 0.05) is 17.3 Å². The van der Waals surface area contributed by atoms with Crippen LogP contribution in [0.25, 0.3) is 5.70 Å². The van der Waals surface area contributed by atoms with Gasteiger partial charge in [0.15, 0.2) is 0 Å². The molecule has 1 aliphatic heterocycles. The van der Waals surface area contributed by atoms with Gasteiger partial charge in [-0.05, 0) is 60.1 Å². The number of primary amides is 1. The fraction of sp³-hybridized carbons (Fsp3) is 0.321. The van der Waals surface area contributed by atoms with Crippen LogP contribution in [0.4, 0.5) is 5.69 Å². The van der Waals surface area contributed by atoms with Gasteiger partial charge in [-0.25, -0.2) is 0 Å². The van der Waals surface area contributed by atoms with Gasteiger partial charge in [0.2, 0.25) is 5.91 Å². The third kappa shape index (κ3) is 6.34. The van der Waals surface area contributed by atoms with Crippen molar-refractivity contribution in [1.29, 1.82) is 0 Å². The number of anilines is 1. The molecule has 1 saturated carbocycles. The summed E-state index contributed by atoms with van der Waals surface area (Å²) in [5, 5.41) is 6.58. The molecule has 1 heterocycles. The Morgan fingerprint density at radius 2 is 1.89 bits per heavy atom. The zero-order valence-electron chi connectivity index (χ0n) is 20.2. The highest BCUT2D eigenvalue weighted by atomic mass is 35.5. The first kappa shape index (κ1) is 25.5. The van der Waals surface area contributed by atoms with Crippen molar-refractivity contribution in [3.8, 4) is 0 Å². The Kier molecular flexibility index (Phi) is 8.10. The molecular formula is C28H32ClN5O2. The molecule has 0 bridgehead atoms. The number of nitrogens with two attached hydrogens (primary N) is 2. The van der Waals surface area contributed by atoms with E-state index in [4.69, 9.17) is 23.1 Å². The van der Waals surface area contributed by atoms with Gasteiger partial charge in [-0.2, -0.15) is 0 Å². The van der Waals surface area contributed by atoms with E-state index in [1.165, 1.54) is 37.3 Å². The predicted molar refractivity (Wildman–Crippen MR) is 145 cm³/mol. The number of benzene rings is 2. The molecule has 2 aromatic rings. The molecule has 0 spiro atoms. The highest BCUT2D eigenvalue weighted by Gasteiger charge is 2.27. The van der Waals surface area contributed by atoms with Crippen LogP contribution < -0.4 is 22.1 Å². The smallest absolute Gasteiger partial charge is 0.254 e. The van der Waals surface area contributed by atoms with Crippen LogP contribution in [-0.2, 0) is 16.0 Å². The Bertz CT molecular complexity index is 1210. The Labute approximate surface area is 216 Å². The third-order valence-corrected chi connectivity index (χ3v) is 6.86. The van der Waals surface area contributed by atoms with E-state index in [1.54, 1.807) is 12.1 Å². The van der Waals surface area contributed by atoms with Crippen molar-refractivity contribution in [1.82, 2.24) is 5.32 Å². The normalized spacial score (nSPS) is 17.9. The Hall–Kier alpha value is -3.58.